The number of rotatable bonds is 5. The van der Waals surface area contributed by atoms with Gasteiger partial charge < -0.3 is 15.4 Å². The maximum Gasteiger partial charge on any atom is 0.142 e. The molecule has 0 radical (unpaired) electrons. The van der Waals surface area contributed by atoms with Gasteiger partial charge in [0.15, 0.2) is 0 Å². The van der Waals surface area contributed by atoms with Crippen molar-refractivity contribution in [3.63, 3.8) is 0 Å². The van der Waals surface area contributed by atoms with Gasteiger partial charge in [-0.15, -0.1) is 0 Å². The van der Waals surface area contributed by atoms with Crippen molar-refractivity contribution in [1.82, 2.24) is 9.97 Å². The molecule has 0 aliphatic carbocycles. The molecule has 0 unspecified atom stereocenters. The fraction of sp³-hybridized carbons (Fsp3) is 0.375. The van der Waals surface area contributed by atoms with E-state index >= 15 is 0 Å². The van der Waals surface area contributed by atoms with E-state index in [1.54, 1.807) is 7.11 Å². The van der Waals surface area contributed by atoms with E-state index in [1.807, 2.05) is 38.2 Å². The summed E-state index contributed by atoms with van der Waals surface area (Å²) in [7, 11) is 3.51. The zero-order valence-corrected chi connectivity index (χ0v) is 13.2. The minimum Gasteiger partial charge on any atom is -0.495 e. The number of ether oxygens (including phenoxy) is 1. The number of hydrogen-bond donors (Lipinski definition) is 2. The van der Waals surface area contributed by atoms with Crippen LogP contribution < -0.4 is 15.4 Å². The van der Waals surface area contributed by atoms with E-state index < -0.39 is 0 Å². The van der Waals surface area contributed by atoms with Gasteiger partial charge in [0.05, 0.1) is 12.8 Å². The molecular weight excluding hydrogens is 264 g/mol. The van der Waals surface area contributed by atoms with Crippen LogP contribution in [0.1, 0.15) is 31.2 Å². The fourth-order valence-electron chi connectivity index (χ4n) is 1.97. The summed E-state index contributed by atoms with van der Waals surface area (Å²) in [4.78, 5) is 9.02. The highest BCUT2D eigenvalue weighted by atomic mass is 16.5. The summed E-state index contributed by atoms with van der Waals surface area (Å²) in [6.07, 6.45) is 0. The Morgan fingerprint density at radius 3 is 2.43 bits per heavy atom. The average Bonchev–Trinajstić information content (AvgIpc) is 2.47. The van der Waals surface area contributed by atoms with Gasteiger partial charge in [0, 0.05) is 19.0 Å². The summed E-state index contributed by atoms with van der Waals surface area (Å²) in [5, 5.41) is 6.38. The number of nitrogens with one attached hydrogen (secondary N) is 2. The van der Waals surface area contributed by atoms with Crippen LogP contribution in [0.3, 0.4) is 0 Å². The van der Waals surface area contributed by atoms with Gasteiger partial charge in [-0.2, -0.15) is 0 Å². The summed E-state index contributed by atoms with van der Waals surface area (Å²) in [6.45, 7) is 6.20. The molecule has 21 heavy (non-hydrogen) atoms. The van der Waals surface area contributed by atoms with E-state index in [-0.39, 0.29) is 5.92 Å². The van der Waals surface area contributed by atoms with Crippen molar-refractivity contribution in [3.05, 3.63) is 35.7 Å². The Morgan fingerprint density at radius 2 is 1.81 bits per heavy atom. The molecule has 112 valence electrons. The molecule has 0 fully saturated rings. The summed E-state index contributed by atoms with van der Waals surface area (Å²) < 4.78 is 5.39. The Morgan fingerprint density at radius 1 is 1.10 bits per heavy atom. The van der Waals surface area contributed by atoms with Gasteiger partial charge in [-0.05, 0) is 24.6 Å². The molecule has 1 aromatic heterocycles. The van der Waals surface area contributed by atoms with Crippen molar-refractivity contribution >= 4 is 17.3 Å². The van der Waals surface area contributed by atoms with Crippen molar-refractivity contribution < 1.29 is 4.74 Å². The van der Waals surface area contributed by atoms with E-state index in [1.165, 1.54) is 0 Å². The minimum absolute atomic E-state index is 0.262. The SMILES string of the molecule is CNc1cc(Nc2cc(C)ccc2OC)nc(C(C)C)n1. The first-order chi connectivity index (χ1) is 10.0. The molecule has 0 aliphatic rings. The maximum absolute atomic E-state index is 5.39. The minimum atomic E-state index is 0.262. The molecule has 2 N–H and O–H groups in total. The van der Waals surface area contributed by atoms with E-state index in [0.29, 0.717) is 0 Å². The molecule has 0 saturated carbocycles. The lowest BCUT2D eigenvalue weighted by molar-refractivity contribution is 0.416. The summed E-state index contributed by atoms with van der Waals surface area (Å²) >= 11 is 0. The third kappa shape index (κ3) is 3.62. The number of methoxy groups -OCH3 is 1. The molecule has 2 aromatic rings. The van der Waals surface area contributed by atoms with Gasteiger partial charge in [-0.25, -0.2) is 9.97 Å². The smallest absolute Gasteiger partial charge is 0.142 e. The number of nitrogens with zero attached hydrogens (tertiary/aromatic N) is 2. The first-order valence-electron chi connectivity index (χ1n) is 7.02. The van der Waals surface area contributed by atoms with Crippen molar-refractivity contribution in [2.45, 2.75) is 26.7 Å². The summed E-state index contributed by atoms with van der Waals surface area (Å²) in [5.74, 6) is 3.40. The van der Waals surface area contributed by atoms with Crippen molar-refractivity contribution in [2.75, 3.05) is 24.8 Å². The lowest BCUT2D eigenvalue weighted by Gasteiger charge is -2.14. The Kier molecular flexibility index (Phi) is 4.62. The van der Waals surface area contributed by atoms with E-state index in [2.05, 4.69) is 34.4 Å². The van der Waals surface area contributed by atoms with Gasteiger partial charge in [-0.1, -0.05) is 19.9 Å². The summed E-state index contributed by atoms with van der Waals surface area (Å²) in [5.41, 5.74) is 2.05. The predicted octanol–water partition coefficient (Wildman–Crippen LogP) is 3.70. The second-order valence-corrected chi connectivity index (χ2v) is 5.23. The lowest BCUT2D eigenvalue weighted by atomic mass is 10.2. The molecule has 0 bridgehead atoms. The van der Waals surface area contributed by atoms with Crippen LogP contribution in [0, 0.1) is 6.92 Å². The number of aromatic nitrogens is 2. The molecule has 0 atom stereocenters. The monoisotopic (exact) mass is 286 g/mol. The second kappa shape index (κ2) is 6.43. The molecule has 0 aliphatic heterocycles. The standard InChI is InChI=1S/C16H22N4O/c1-10(2)16-19-14(17-4)9-15(20-16)18-12-8-11(3)6-7-13(12)21-5/h6-10H,1-5H3,(H2,17,18,19,20). The van der Waals surface area contributed by atoms with Gasteiger partial charge in [0.2, 0.25) is 0 Å². The highest BCUT2D eigenvalue weighted by molar-refractivity contribution is 5.66. The Bertz CT molecular complexity index is 626. The first-order valence-corrected chi connectivity index (χ1v) is 7.02. The van der Waals surface area contributed by atoms with E-state index in [0.717, 1.165) is 34.5 Å². The van der Waals surface area contributed by atoms with Crippen molar-refractivity contribution in [1.29, 1.82) is 0 Å². The molecular formula is C16H22N4O. The average molecular weight is 286 g/mol. The van der Waals surface area contributed by atoms with Crippen LogP contribution in [0.15, 0.2) is 24.3 Å². The molecule has 5 nitrogen and oxygen atoms in total. The van der Waals surface area contributed by atoms with Crippen LogP contribution in [-0.2, 0) is 0 Å². The first kappa shape index (κ1) is 15.1. The molecule has 0 spiro atoms. The Labute approximate surface area is 125 Å². The van der Waals surface area contributed by atoms with Crippen LogP contribution in [0.5, 0.6) is 5.75 Å². The van der Waals surface area contributed by atoms with E-state index in [9.17, 15) is 0 Å². The quantitative estimate of drug-likeness (QED) is 0.877. The fourth-order valence-corrected chi connectivity index (χ4v) is 1.97. The topological polar surface area (TPSA) is 59.1 Å². The lowest BCUT2D eigenvalue weighted by Crippen LogP contribution is -2.05. The van der Waals surface area contributed by atoms with Crippen molar-refractivity contribution in [2.24, 2.45) is 0 Å². The second-order valence-electron chi connectivity index (χ2n) is 5.23. The van der Waals surface area contributed by atoms with Gasteiger partial charge in [0.25, 0.3) is 0 Å². The van der Waals surface area contributed by atoms with E-state index in [4.69, 9.17) is 4.74 Å². The largest absolute Gasteiger partial charge is 0.495 e. The summed E-state index contributed by atoms with van der Waals surface area (Å²) in [6, 6.07) is 7.88. The number of anilines is 3. The molecule has 2 rings (SSSR count). The molecule has 0 amide bonds. The zero-order chi connectivity index (χ0) is 15.4. The predicted molar refractivity (Wildman–Crippen MR) is 86.7 cm³/mol. The highest BCUT2D eigenvalue weighted by Gasteiger charge is 2.10. The van der Waals surface area contributed by atoms with Crippen LogP contribution in [0.25, 0.3) is 0 Å². The molecule has 0 saturated heterocycles. The molecule has 1 heterocycles. The van der Waals surface area contributed by atoms with Gasteiger partial charge in [-0.3, -0.25) is 0 Å². The molecule has 1 aromatic carbocycles. The molecule has 5 heteroatoms. The van der Waals surface area contributed by atoms with Crippen LogP contribution >= 0.6 is 0 Å². The maximum atomic E-state index is 5.39. The van der Waals surface area contributed by atoms with Crippen LogP contribution in [0.4, 0.5) is 17.3 Å². The van der Waals surface area contributed by atoms with Crippen molar-refractivity contribution in [3.8, 4) is 5.75 Å². The number of aryl methyl sites for hydroxylation is 1. The van der Waals surface area contributed by atoms with Gasteiger partial charge >= 0.3 is 0 Å². The third-order valence-corrected chi connectivity index (χ3v) is 3.13. The highest BCUT2D eigenvalue weighted by Crippen LogP contribution is 2.29. The normalized spacial score (nSPS) is 10.6. The number of hydrogen-bond acceptors (Lipinski definition) is 5. The van der Waals surface area contributed by atoms with Crippen LogP contribution in [-0.4, -0.2) is 24.1 Å². The zero-order valence-electron chi connectivity index (χ0n) is 13.2. The Hall–Kier alpha value is -2.30. The third-order valence-electron chi connectivity index (χ3n) is 3.13. The number of benzene rings is 1. The Balaban J connectivity index is 2.39. The van der Waals surface area contributed by atoms with Crippen LogP contribution in [0.2, 0.25) is 0 Å². The van der Waals surface area contributed by atoms with Gasteiger partial charge in [0.1, 0.15) is 23.2 Å².